The van der Waals surface area contributed by atoms with Gasteiger partial charge in [0.1, 0.15) is 11.5 Å². The standard InChI is InChI=1S/C21H26N2O5S/c1-15(24)23-12-4-5-16-14-19(7-8-20(16)23)29(25,26)22-11-10-17-13-18(27-2)6-9-21(17)28-3/h6-9,13-14,22H,4-5,10-12H2,1-3H3. The summed E-state index contributed by atoms with van der Waals surface area (Å²) in [5.41, 5.74) is 2.53. The van der Waals surface area contributed by atoms with Crippen LogP contribution in [0.5, 0.6) is 11.5 Å². The number of nitrogens with one attached hydrogen (secondary N) is 1. The second-order valence-electron chi connectivity index (χ2n) is 6.89. The van der Waals surface area contributed by atoms with Gasteiger partial charge >= 0.3 is 0 Å². The molecule has 1 heterocycles. The Kier molecular flexibility index (Phi) is 6.44. The molecule has 2 aromatic carbocycles. The van der Waals surface area contributed by atoms with E-state index in [-0.39, 0.29) is 17.3 Å². The van der Waals surface area contributed by atoms with Crippen LogP contribution in [0.1, 0.15) is 24.5 Å². The van der Waals surface area contributed by atoms with Crippen LogP contribution in [0.15, 0.2) is 41.3 Å². The first kappa shape index (κ1) is 21.1. The first-order valence-electron chi connectivity index (χ1n) is 9.47. The predicted octanol–water partition coefficient (Wildman–Crippen LogP) is 2.52. The highest BCUT2D eigenvalue weighted by Crippen LogP contribution is 2.29. The molecule has 29 heavy (non-hydrogen) atoms. The van der Waals surface area contributed by atoms with Crippen molar-refractivity contribution in [2.24, 2.45) is 0 Å². The van der Waals surface area contributed by atoms with Crippen molar-refractivity contribution >= 4 is 21.6 Å². The Hall–Kier alpha value is -2.58. The smallest absolute Gasteiger partial charge is 0.240 e. The normalized spacial score (nSPS) is 13.7. The van der Waals surface area contributed by atoms with Crippen molar-refractivity contribution in [2.75, 3.05) is 32.2 Å². The van der Waals surface area contributed by atoms with Crippen molar-refractivity contribution in [1.29, 1.82) is 0 Å². The highest BCUT2D eigenvalue weighted by molar-refractivity contribution is 7.89. The number of carbonyl (C=O) groups excluding carboxylic acids is 1. The quantitative estimate of drug-likeness (QED) is 0.747. The van der Waals surface area contributed by atoms with E-state index in [1.807, 2.05) is 6.07 Å². The molecule has 0 aliphatic carbocycles. The summed E-state index contributed by atoms with van der Waals surface area (Å²) in [5, 5.41) is 0. The molecule has 0 saturated heterocycles. The molecule has 1 aliphatic rings. The molecule has 1 aliphatic heterocycles. The van der Waals surface area contributed by atoms with E-state index in [1.165, 1.54) is 6.92 Å². The first-order valence-corrected chi connectivity index (χ1v) is 11.0. The zero-order chi connectivity index (χ0) is 21.0. The maximum Gasteiger partial charge on any atom is 0.240 e. The van der Waals surface area contributed by atoms with Crippen LogP contribution in [0.3, 0.4) is 0 Å². The Morgan fingerprint density at radius 3 is 2.62 bits per heavy atom. The van der Waals surface area contributed by atoms with Gasteiger partial charge in [0.2, 0.25) is 15.9 Å². The monoisotopic (exact) mass is 418 g/mol. The lowest BCUT2D eigenvalue weighted by molar-refractivity contribution is -0.116. The van der Waals surface area contributed by atoms with E-state index in [9.17, 15) is 13.2 Å². The average Bonchev–Trinajstić information content (AvgIpc) is 2.72. The Labute approximate surface area is 171 Å². The molecule has 3 rings (SSSR count). The minimum absolute atomic E-state index is 0.0353. The average molecular weight is 419 g/mol. The van der Waals surface area contributed by atoms with Crippen LogP contribution >= 0.6 is 0 Å². The summed E-state index contributed by atoms with van der Waals surface area (Å²) in [7, 11) is -0.505. The Morgan fingerprint density at radius 1 is 1.14 bits per heavy atom. The zero-order valence-corrected chi connectivity index (χ0v) is 17.7. The number of hydrogen-bond acceptors (Lipinski definition) is 5. The van der Waals surface area contributed by atoms with Gasteiger partial charge in [0.05, 0.1) is 19.1 Å². The second-order valence-corrected chi connectivity index (χ2v) is 8.66. The highest BCUT2D eigenvalue weighted by Gasteiger charge is 2.23. The summed E-state index contributed by atoms with van der Waals surface area (Å²) < 4.78 is 38.7. The van der Waals surface area contributed by atoms with Crippen LogP contribution in [-0.4, -0.2) is 41.6 Å². The molecule has 7 nitrogen and oxygen atoms in total. The molecule has 0 saturated carbocycles. The van der Waals surface area contributed by atoms with Gasteiger partial charge in [-0.3, -0.25) is 4.79 Å². The number of carbonyl (C=O) groups is 1. The van der Waals surface area contributed by atoms with Gasteiger partial charge in [-0.15, -0.1) is 0 Å². The van der Waals surface area contributed by atoms with Gasteiger partial charge < -0.3 is 14.4 Å². The van der Waals surface area contributed by atoms with Crippen molar-refractivity contribution in [2.45, 2.75) is 31.1 Å². The van der Waals surface area contributed by atoms with Crippen LogP contribution in [0.2, 0.25) is 0 Å². The van der Waals surface area contributed by atoms with Crippen molar-refractivity contribution < 1.29 is 22.7 Å². The maximum atomic E-state index is 12.8. The fraction of sp³-hybridized carbons (Fsp3) is 0.381. The molecule has 0 atom stereocenters. The van der Waals surface area contributed by atoms with E-state index in [4.69, 9.17) is 9.47 Å². The Bertz CT molecular complexity index is 1000. The molecule has 8 heteroatoms. The maximum absolute atomic E-state index is 12.8. The molecule has 2 aromatic rings. The number of nitrogens with zero attached hydrogens (tertiary/aromatic N) is 1. The summed E-state index contributed by atoms with van der Waals surface area (Å²) in [6.07, 6.45) is 2.03. The topological polar surface area (TPSA) is 84.9 Å². The summed E-state index contributed by atoms with van der Waals surface area (Å²) in [5.74, 6) is 1.34. The van der Waals surface area contributed by atoms with E-state index < -0.39 is 10.0 Å². The fourth-order valence-electron chi connectivity index (χ4n) is 3.55. The van der Waals surface area contributed by atoms with Crippen molar-refractivity contribution in [3.8, 4) is 11.5 Å². The minimum atomic E-state index is -3.66. The molecule has 0 spiro atoms. The van der Waals surface area contributed by atoms with E-state index in [1.54, 1.807) is 49.5 Å². The van der Waals surface area contributed by atoms with Crippen molar-refractivity contribution in [3.05, 3.63) is 47.5 Å². The van der Waals surface area contributed by atoms with Crippen LogP contribution in [0, 0.1) is 0 Å². The van der Waals surface area contributed by atoms with Crippen LogP contribution in [0.4, 0.5) is 5.69 Å². The fourth-order valence-corrected chi connectivity index (χ4v) is 4.63. The SMILES string of the molecule is COc1ccc(OC)c(CCNS(=O)(=O)c2ccc3c(c2)CCCN3C(C)=O)c1. The summed E-state index contributed by atoms with van der Waals surface area (Å²) in [6, 6.07) is 10.4. The number of fused-ring (bicyclic) bond motifs is 1. The van der Waals surface area contributed by atoms with Crippen LogP contribution in [-0.2, 0) is 27.7 Å². The number of ether oxygens (including phenoxy) is 2. The number of anilines is 1. The molecule has 156 valence electrons. The molecule has 0 aromatic heterocycles. The Balaban J connectivity index is 1.73. The van der Waals surface area contributed by atoms with Crippen LogP contribution < -0.4 is 19.1 Å². The van der Waals surface area contributed by atoms with Crippen molar-refractivity contribution in [3.63, 3.8) is 0 Å². The lowest BCUT2D eigenvalue weighted by atomic mass is 10.0. The molecule has 1 N–H and O–H groups in total. The van der Waals surface area contributed by atoms with Gasteiger partial charge in [-0.1, -0.05) is 0 Å². The molecular formula is C21H26N2O5S. The number of sulfonamides is 1. The number of methoxy groups -OCH3 is 2. The number of aryl methyl sites for hydroxylation is 1. The largest absolute Gasteiger partial charge is 0.497 e. The third kappa shape index (κ3) is 4.71. The minimum Gasteiger partial charge on any atom is -0.497 e. The summed E-state index contributed by atoms with van der Waals surface area (Å²) in [4.78, 5) is 13.7. The third-order valence-electron chi connectivity index (χ3n) is 5.03. The van der Waals surface area contributed by atoms with E-state index in [0.29, 0.717) is 24.5 Å². The lowest BCUT2D eigenvalue weighted by Gasteiger charge is -2.28. The first-order chi connectivity index (χ1) is 13.9. The lowest BCUT2D eigenvalue weighted by Crippen LogP contribution is -2.33. The second kappa shape index (κ2) is 8.84. The van der Waals surface area contributed by atoms with Gasteiger partial charge in [-0.25, -0.2) is 13.1 Å². The number of hydrogen-bond donors (Lipinski definition) is 1. The van der Waals surface area contributed by atoms with Gasteiger partial charge in [-0.05, 0) is 66.8 Å². The van der Waals surface area contributed by atoms with Gasteiger partial charge in [0.25, 0.3) is 0 Å². The van der Waals surface area contributed by atoms with Gasteiger partial charge in [-0.2, -0.15) is 0 Å². The molecule has 0 unspecified atom stereocenters. The molecule has 0 bridgehead atoms. The van der Waals surface area contributed by atoms with E-state index in [0.717, 1.165) is 29.7 Å². The van der Waals surface area contributed by atoms with E-state index >= 15 is 0 Å². The van der Waals surface area contributed by atoms with Gasteiger partial charge in [0.15, 0.2) is 0 Å². The number of rotatable bonds is 7. The zero-order valence-electron chi connectivity index (χ0n) is 16.9. The van der Waals surface area contributed by atoms with Gasteiger partial charge in [0, 0.05) is 25.7 Å². The third-order valence-corrected chi connectivity index (χ3v) is 6.49. The molecule has 0 fully saturated rings. The summed E-state index contributed by atoms with van der Waals surface area (Å²) in [6.45, 7) is 2.41. The molecular weight excluding hydrogens is 392 g/mol. The van der Waals surface area contributed by atoms with Crippen LogP contribution in [0.25, 0.3) is 0 Å². The Morgan fingerprint density at radius 2 is 1.93 bits per heavy atom. The molecule has 1 amide bonds. The highest BCUT2D eigenvalue weighted by atomic mass is 32.2. The van der Waals surface area contributed by atoms with E-state index in [2.05, 4.69) is 4.72 Å². The summed E-state index contributed by atoms with van der Waals surface area (Å²) >= 11 is 0. The predicted molar refractivity (Wildman–Crippen MR) is 111 cm³/mol. The number of benzene rings is 2. The number of amides is 1. The van der Waals surface area contributed by atoms with Crippen molar-refractivity contribution in [1.82, 2.24) is 4.72 Å². The molecule has 0 radical (unpaired) electrons.